The molecule has 0 radical (unpaired) electrons. The van der Waals surface area contributed by atoms with E-state index in [1.165, 1.54) is 12.3 Å². The van der Waals surface area contributed by atoms with Crippen molar-refractivity contribution in [2.24, 2.45) is 0 Å². The van der Waals surface area contributed by atoms with Crippen molar-refractivity contribution in [2.75, 3.05) is 11.9 Å². The van der Waals surface area contributed by atoms with Gasteiger partial charge < -0.3 is 14.5 Å². The summed E-state index contributed by atoms with van der Waals surface area (Å²) >= 11 is 0. The molecule has 5 nitrogen and oxygen atoms in total. The number of rotatable bonds is 5. The number of anilines is 1. The van der Waals surface area contributed by atoms with Crippen LogP contribution in [-0.2, 0) is 9.53 Å². The largest absolute Gasteiger partial charge is 0.457 e. The first kappa shape index (κ1) is 14.8. The Labute approximate surface area is 122 Å². The zero-order valence-electron chi connectivity index (χ0n) is 12.0. The van der Waals surface area contributed by atoms with Gasteiger partial charge in [-0.1, -0.05) is 32.0 Å². The van der Waals surface area contributed by atoms with Crippen molar-refractivity contribution in [1.29, 1.82) is 0 Å². The molecule has 0 fully saturated rings. The van der Waals surface area contributed by atoms with Gasteiger partial charge in [-0.25, -0.2) is 4.79 Å². The highest BCUT2D eigenvalue weighted by Crippen LogP contribution is 2.23. The Bertz CT molecular complexity index is 617. The first-order chi connectivity index (χ1) is 10.1. The Morgan fingerprint density at radius 1 is 1.19 bits per heavy atom. The number of ether oxygens (including phenoxy) is 1. The molecule has 2 rings (SSSR count). The minimum Gasteiger partial charge on any atom is -0.457 e. The summed E-state index contributed by atoms with van der Waals surface area (Å²) in [5, 5.41) is 2.75. The summed E-state index contributed by atoms with van der Waals surface area (Å²) in [6.07, 6.45) is 1.37. The van der Waals surface area contributed by atoms with E-state index in [2.05, 4.69) is 5.32 Å². The molecule has 1 aromatic carbocycles. The van der Waals surface area contributed by atoms with E-state index in [1.54, 1.807) is 6.07 Å². The minimum atomic E-state index is -0.660. The predicted octanol–water partition coefficient (Wildman–Crippen LogP) is 3.20. The second-order valence-electron chi connectivity index (χ2n) is 4.84. The number of carbonyl (C=O) groups is 2. The summed E-state index contributed by atoms with van der Waals surface area (Å²) in [7, 11) is 0. The Kier molecular flexibility index (Phi) is 4.77. The van der Waals surface area contributed by atoms with Gasteiger partial charge in [0.2, 0.25) is 5.76 Å². The van der Waals surface area contributed by atoms with Crippen molar-refractivity contribution in [3.63, 3.8) is 0 Å². The summed E-state index contributed by atoms with van der Waals surface area (Å²) in [5.41, 5.74) is 1.76. The number of benzene rings is 1. The lowest BCUT2D eigenvalue weighted by molar-refractivity contribution is -0.119. The van der Waals surface area contributed by atoms with Crippen molar-refractivity contribution < 1.29 is 18.7 Å². The van der Waals surface area contributed by atoms with E-state index in [4.69, 9.17) is 9.15 Å². The van der Waals surface area contributed by atoms with E-state index < -0.39 is 5.97 Å². The standard InChI is InChI=1S/C16H17NO4/c1-11(2)12-6-3-4-7-13(12)17-15(18)10-21-16(19)14-8-5-9-20-14/h3-9,11H,10H2,1-2H3,(H,17,18). The summed E-state index contributed by atoms with van der Waals surface area (Å²) in [4.78, 5) is 23.4. The summed E-state index contributed by atoms with van der Waals surface area (Å²) in [6.45, 7) is 3.73. The number of hydrogen-bond donors (Lipinski definition) is 1. The lowest BCUT2D eigenvalue weighted by atomic mass is 10.0. The Hall–Kier alpha value is -2.56. The van der Waals surface area contributed by atoms with Gasteiger partial charge in [-0.3, -0.25) is 4.79 Å². The number of nitrogens with one attached hydrogen (secondary N) is 1. The molecule has 0 aliphatic rings. The Balaban J connectivity index is 1.92. The Morgan fingerprint density at radius 2 is 1.95 bits per heavy atom. The third-order valence-electron chi connectivity index (χ3n) is 2.91. The summed E-state index contributed by atoms with van der Waals surface area (Å²) in [6, 6.07) is 10.6. The maximum Gasteiger partial charge on any atom is 0.374 e. The van der Waals surface area contributed by atoms with Crippen molar-refractivity contribution in [1.82, 2.24) is 0 Å². The van der Waals surface area contributed by atoms with Crippen LogP contribution >= 0.6 is 0 Å². The van der Waals surface area contributed by atoms with E-state index in [0.717, 1.165) is 11.3 Å². The van der Waals surface area contributed by atoms with Crippen molar-refractivity contribution in [3.8, 4) is 0 Å². The van der Waals surface area contributed by atoms with Gasteiger partial charge in [0.1, 0.15) is 0 Å². The van der Waals surface area contributed by atoms with Crippen molar-refractivity contribution in [3.05, 3.63) is 54.0 Å². The molecule has 0 atom stereocenters. The molecule has 0 bridgehead atoms. The molecule has 2 aromatic rings. The van der Waals surface area contributed by atoms with Gasteiger partial charge in [0.25, 0.3) is 5.91 Å². The van der Waals surface area contributed by atoms with Crippen LogP contribution in [0.5, 0.6) is 0 Å². The van der Waals surface area contributed by atoms with E-state index in [0.29, 0.717) is 0 Å². The molecule has 1 amide bonds. The number of carbonyl (C=O) groups excluding carboxylic acids is 2. The second-order valence-corrected chi connectivity index (χ2v) is 4.84. The molecule has 0 aliphatic heterocycles. The number of esters is 1. The third-order valence-corrected chi connectivity index (χ3v) is 2.91. The average molecular weight is 287 g/mol. The molecule has 0 spiro atoms. The van der Waals surface area contributed by atoms with Crippen LogP contribution in [0.1, 0.15) is 35.9 Å². The molecule has 1 heterocycles. The molecule has 0 unspecified atom stereocenters. The first-order valence-electron chi connectivity index (χ1n) is 6.67. The molecule has 1 aromatic heterocycles. The number of para-hydroxylation sites is 1. The van der Waals surface area contributed by atoms with Gasteiger partial charge in [-0.2, -0.15) is 0 Å². The van der Waals surface area contributed by atoms with Gasteiger partial charge in [-0.15, -0.1) is 0 Å². The van der Waals surface area contributed by atoms with Crippen LogP contribution in [0.25, 0.3) is 0 Å². The maximum atomic E-state index is 11.8. The molecule has 21 heavy (non-hydrogen) atoms. The van der Waals surface area contributed by atoms with Crippen LogP contribution in [0, 0.1) is 0 Å². The highest BCUT2D eigenvalue weighted by Gasteiger charge is 2.14. The lowest BCUT2D eigenvalue weighted by Crippen LogP contribution is -2.21. The van der Waals surface area contributed by atoms with E-state index in [9.17, 15) is 9.59 Å². The fraction of sp³-hybridized carbons (Fsp3) is 0.250. The quantitative estimate of drug-likeness (QED) is 0.857. The molecular weight excluding hydrogens is 270 g/mol. The topological polar surface area (TPSA) is 68.5 Å². The van der Waals surface area contributed by atoms with Crippen molar-refractivity contribution in [2.45, 2.75) is 19.8 Å². The van der Waals surface area contributed by atoms with Crippen LogP contribution < -0.4 is 5.32 Å². The van der Waals surface area contributed by atoms with Crippen LogP contribution in [-0.4, -0.2) is 18.5 Å². The Morgan fingerprint density at radius 3 is 2.62 bits per heavy atom. The zero-order chi connectivity index (χ0) is 15.2. The highest BCUT2D eigenvalue weighted by atomic mass is 16.5. The summed E-state index contributed by atoms with van der Waals surface area (Å²) in [5.74, 6) is -0.687. The molecule has 0 saturated heterocycles. The maximum absolute atomic E-state index is 11.8. The fourth-order valence-electron chi connectivity index (χ4n) is 1.90. The van der Waals surface area contributed by atoms with Crippen LogP contribution in [0.4, 0.5) is 5.69 Å². The van der Waals surface area contributed by atoms with Crippen molar-refractivity contribution >= 4 is 17.6 Å². The summed E-state index contributed by atoms with van der Waals surface area (Å²) < 4.78 is 9.77. The van der Waals surface area contributed by atoms with Crippen LogP contribution in [0.15, 0.2) is 47.1 Å². The first-order valence-corrected chi connectivity index (χ1v) is 6.67. The molecule has 110 valence electrons. The van der Waals surface area contributed by atoms with Gasteiger partial charge >= 0.3 is 5.97 Å². The lowest BCUT2D eigenvalue weighted by Gasteiger charge is -2.13. The van der Waals surface area contributed by atoms with Crippen LogP contribution in [0.2, 0.25) is 0 Å². The highest BCUT2D eigenvalue weighted by molar-refractivity contribution is 5.95. The number of amides is 1. The van der Waals surface area contributed by atoms with Gasteiger partial charge in [-0.05, 0) is 29.7 Å². The van der Waals surface area contributed by atoms with Gasteiger partial charge in [0, 0.05) is 5.69 Å². The second kappa shape index (κ2) is 6.74. The smallest absolute Gasteiger partial charge is 0.374 e. The average Bonchev–Trinajstić information content (AvgIpc) is 2.99. The zero-order valence-corrected chi connectivity index (χ0v) is 12.0. The normalized spacial score (nSPS) is 10.4. The molecule has 0 aliphatic carbocycles. The number of furan rings is 1. The SMILES string of the molecule is CC(C)c1ccccc1NC(=O)COC(=O)c1ccco1. The van der Waals surface area contributed by atoms with E-state index in [-0.39, 0.29) is 24.2 Å². The molecule has 0 saturated carbocycles. The number of hydrogen-bond acceptors (Lipinski definition) is 4. The fourth-order valence-corrected chi connectivity index (χ4v) is 1.90. The minimum absolute atomic E-state index is 0.0744. The van der Waals surface area contributed by atoms with Gasteiger partial charge in [0.05, 0.1) is 6.26 Å². The third kappa shape index (κ3) is 3.95. The molecule has 5 heteroatoms. The van der Waals surface area contributed by atoms with E-state index >= 15 is 0 Å². The van der Waals surface area contributed by atoms with E-state index in [1.807, 2.05) is 38.1 Å². The van der Waals surface area contributed by atoms with Crippen LogP contribution in [0.3, 0.4) is 0 Å². The van der Waals surface area contributed by atoms with Gasteiger partial charge in [0.15, 0.2) is 6.61 Å². The monoisotopic (exact) mass is 287 g/mol. The molecule has 1 N–H and O–H groups in total. The predicted molar refractivity (Wildman–Crippen MR) is 78.2 cm³/mol. The molecular formula is C16H17NO4.